The van der Waals surface area contributed by atoms with Crippen molar-refractivity contribution in [3.8, 4) is 11.5 Å². The van der Waals surface area contributed by atoms with Gasteiger partial charge in [-0.1, -0.05) is 25.1 Å². The van der Waals surface area contributed by atoms with Gasteiger partial charge in [-0.15, -0.1) is 0 Å². The maximum Gasteiger partial charge on any atom is 0.246 e. The molecule has 0 spiro atoms. The van der Waals surface area contributed by atoms with E-state index in [1.54, 1.807) is 0 Å². The zero-order chi connectivity index (χ0) is 16.9. The van der Waals surface area contributed by atoms with Gasteiger partial charge >= 0.3 is 0 Å². The molecule has 0 saturated heterocycles. The van der Waals surface area contributed by atoms with Crippen molar-refractivity contribution in [2.24, 2.45) is 0 Å². The number of hydrogen-bond acceptors (Lipinski definition) is 4. The molecule has 24 heavy (non-hydrogen) atoms. The average molecular weight is 326 g/mol. The molecular formula is C19H22N2O3. The second-order valence-corrected chi connectivity index (χ2v) is 5.74. The quantitative estimate of drug-likeness (QED) is 0.883. The molecule has 0 unspecified atom stereocenters. The van der Waals surface area contributed by atoms with Crippen LogP contribution in [0.2, 0.25) is 0 Å². The fourth-order valence-corrected chi connectivity index (χ4v) is 2.56. The molecule has 1 atom stereocenters. The summed E-state index contributed by atoms with van der Waals surface area (Å²) < 4.78 is 11.2. The highest BCUT2D eigenvalue weighted by Crippen LogP contribution is 2.37. The van der Waals surface area contributed by atoms with E-state index in [9.17, 15) is 4.79 Å². The van der Waals surface area contributed by atoms with Crippen LogP contribution in [0.1, 0.15) is 19.4 Å². The Balaban J connectivity index is 1.66. The number of fused-ring (bicyclic) bond motifs is 1. The third kappa shape index (κ3) is 3.62. The third-order valence-electron chi connectivity index (χ3n) is 3.96. The van der Waals surface area contributed by atoms with E-state index in [2.05, 4.69) is 17.6 Å². The van der Waals surface area contributed by atoms with Crippen molar-refractivity contribution in [3.05, 3.63) is 48.0 Å². The first-order valence-corrected chi connectivity index (χ1v) is 8.22. The van der Waals surface area contributed by atoms with Crippen LogP contribution in [0.15, 0.2) is 42.5 Å². The van der Waals surface area contributed by atoms with Crippen molar-refractivity contribution in [3.63, 3.8) is 0 Å². The highest BCUT2D eigenvalue weighted by Gasteiger charge is 2.19. The highest BCUT2D eigenvalue weighted by atomic mass is 16.6. The van der Waals surface area contributed by atoms with Gasteiger partial charge in [0.1, 0.15) is 19.3 Å². The van der Waals surface area contributed by atoms with Crippen molar-refractivity contribution >= 4 is 17.3 Å². The lowest BCUT2D eigenvalue weighted by Crippen LogP contribution is -2.32. The van der Waals surface area contributed by atoms with Gasteiger partial charge in [-0.2, -0.15) is 0 Å². The number of aryl methyl sites for hydroxylation is 1. The molecule has 126 valence electrons. The molecule has 5 heteroatoms. The zero-order valence-corrected chi connectivity index (χ0v) is 14.0. The van der Waals surface area contributed by atoms with Crippen molar-refractivity contribution in [2.45, 2.75) is 26.3 Å². The first kappa shape index (κ1) is 16.2. The van der Waals surface area contributed by atoms with Crippen molar-refractivity contribution < 1.29 is 14.3 Å². The number of carbonyl (C=O) groups excluding carboxylic acids is 1. The van der Waals surface area contributed by atoms with E-state index in [1.165, 1.54) is 5.56 Å². The van der Waals surface area contributed by atoms with Gasteiger partial charge < -0.3 is 20.1 Å². The molecule has 0 bridgehead atoms. The van der Waals surface area contributed by atoms with Crippen molar-refractivity contribution in [1.82, 2.24) is 0 Å². The lowest BCUT2D eigenvalue weighted by molar-refractivity contribution is -0.116. The third-order valence-corrected chi connectivity index (χ3v) is 3.96. The molecule has 2 aromatic carbocycles. The zero-order valence-electron chi connectivity index (χ0n) is 14.0. The molecule has 0 radical (unpaired) electrons. The van der Waals surface area contributed by atoms with Crippen molar-refractivity contribution in [1.29, 1.82) is 0 Å². The molecule has 1 heterocycles. The number of anilines is 2. The largest absolute Gasteiger partial charge is 0.486 e. The number of hydrogen-bond donors (Lipinski definition) is 2. The number of rotatable bonds is 5. The minimum absolute atomic E-state index is 0.103. The SMILES string of the molecule is CCc1ccc(NC(=O)[C@@H](C)Nc2cccc3c2OCCO3)cc1. The Kier molecular flexibility index (Phi) is 4.89. The van der Waals surface area contributed by atoms with Gasteiger partial charge in [0.15, 0.2) is 11.5 Å². The Labute approximate surface area is 142 Å². The van der Waals surface area contributed by atoms with Crippen LogP contribution in [-0.2, 0) is 11.2 Å². The summed E-state index contributed by atoms with van der Waals surface area (Å²) in [4.78, 5) is 12.4. The molecule has 3 rings (SSSR count). The van der Waals surface area contributed by atoms with Gasteiger partial charge in [0.05, 0.1) is 5.69 Å². The molecule has 2 aromatic rings. The number of carbonyl (C=O) groups is 1. The van der Waals surface area contributed by atoms with Crippen LogP contribution in [0.3, 0.4) is 0 Å². The number of ether oxygens (including phenoxy) is 2. The van der Waals surface area contributed by atoms with Gasteiger partial charge in [0.25, 0.3) is 0 Å². The summed E-state index contributed by atoms with van der Waals surface area (Å²) >= 11 is 0. The summed E-state index contributed by atoms with van der Waals surface area (Å²) in [7, 11) is 0. The van der Waals surface area contributed by atoms with Gasteiger partial charge in [-0.05, 0) is 43.2 Å². The lowest BCUT2D eigenvalue weighted by atomic mass is 10.1. The van der Waals surface area contributed by atoms with E-state index in [4.69, 9.17) is 9.47 Å². The predicted octanol–water partition coefficient (Wildman–Crippen LogP) is 3.46. The second kappa shape index (κ2) is 7.25. The van der Waals surface area contributed by atoms with Gasteiger partial charge in [0, 0.05) is 5.69 Å². The van der Waals surface area contributed by atoms with Crippen LogP contribution in [-0.4, -0.2) is 25.2 Å². The average Bonchev–Trinajstić information content (AvgIpc) is 2.62. The van der Waals surface area contributed by atoms with E-state index in [1.807, 2.05) is 49.4 Å². The molecule has 1 aliphatic heterocycles. The molecule has 2 N–H and O–H groups in total. The molecule has 0 aromatic heterocycles. The first-order valence-electron chi connectivity index (χ1n) is 8.22. The van der Waals surface area contributed by atoms with Gasteiger partial charge in [-0.25, -0.2) is 0 Å². The van der Waals surface area contributed by atoms with E-state index < -0.39 is 6.04 Å². The smallest absolute Gasteiger partial charge is 0.246 e. The monoisotopic (exact) mass is 326 g/mol. The number of para-hydroxylation sites is 1. The standard InChI is InChI=1S/C19H22N2O3/c1-3-14-7-9-15(10-8-14)21-19(22)13(2)20-16-5-4-6-17-18(16)24-12-11-23-17/h4-10,13,20H,3,11-12H2,1-2H3,(H,21,22)/t13-/m1/s1. The summed E-state index contributed by atoms with van der Waals surface area (Å²) in [6, 6.07) is 13.1. The Morgan fingerprint density at radius 3 is 2.62 bits per heavy atom. The molecule has 0 aliphatic carbocycles. The number of amides is 1. The summed E-state index contributed by atoms with van der Waals surface area (Å²) in [5.74, 6) is 1.26. The van der Waals surface area contributed by atoms with E-state index in [0.29, 0.717) is 24.7 Å². The summed E-state index contributed by atoms with van der Waals surface area (Å²) in [6.45, 7) is 4.97. The fraction of sp³-hybridized carbons (Fsp3) is 0.316. The molecule has 1 aliphatic rings. The van der Waals surface area contributed by atoms with E-state index in [-0.39, 0.29) is 5.91 Å². The van der Waals surface area contributed by atoms with Gasteiger partial charge in [-0.3, -0.25) is 4.79 Å². The molecule has 0 fully saturated rings. The van der Waals surface area contributed by atoms with Crippen LogP contribution in [0.25, 0.3) is 0 Å². The number of benzene rings is 2. The molecule has 1 amide bonds. The normalized spacial score (nSPS) is 13.9. The Hall–Kier alpha value is -2.69. The molecule has 5 nitrogen and oxygen atoms in total. The summed E-state index contributed by atoms with van der Waals surface area (Å²) in [6.07, 6.45) is 0.980. The van der Waals surface area contributed by atoms with Crippen LogP contribution in [0.5, 0.6) is 11.5 Å². The maximum atomic E-state index is 12.4. The number of nitrogens with one attached hydrogen (secondary N) is 2. The van der Waals surface area contributed by atoms with Crippen LogP contribution < -0.4 is 20.1 Å². The fourth-order valence-electron chi connectivity index (χ4n) is 2.56. The minimum atomic E-state index is -0.409. The Morgan fingerprint density at radius 1 is 1.12 bits per heavy atom. The minimum Gasteiger partial charge on any atom is -0.486 e. The summed E-state index contributed by atoms with van der Waals surface area (Å²) in [5.41, 5.74) is 2.80. The van der Waals surface area contributed by atoms with E-state index in [0.717, 1.165) is 17.8 Å². The highest BCUT2D eigenvalue weighted by molar-refractivity contribution is 5.96. The van der Waals surface area contributed by atoms with Gasteiger partial charge in [0.2, 0.25) is 5.91 Å². The van der Waals surface area contributed by atoms with Crippen LogP contribution in [0.4, 0.5) is 11.4 Å². The second-order valence-electron chi connectivity index (χ2n) is 5.74. The van der Waals surface area contributed by atoms with Crippen LogP contribution >= 0.6 is 0 Å². The Morgan fingerprint density at radius 2 is 1.88 bits per heavy atom. The molecule has 0 saturated carbocycles. The predicted molar refractivity (Wildman–Crippen MR) is 95.0 cm³/mol. The topological polar surface area (TPSA) is 59.6 Å². The first-order chi connectivity index (χ1) is 11.7. The molecular weight excluding hydrogens is 304 g/mol. The Bertz CT molecular complexity index is 713. The summed E-state index contributed by atoms with van der Waals surface area (Å²) in [5, 5.41) is 6.12. The van der Waals surface area contributed by atoms with Crippen molar-refractivity contribution in [2.75, 3.05) is 23.8 Å². The van der Waals surface area contributed by atoms with E-state index >= 15 is 0 Å². The lowest BCUT2D eigenvalue weighted by Gasteiger charge is -2.23. The maximum absolute atomic E-state index is 12.4. The van der Waals surface area contributed by atoms with Crippen LogP contribution in [0, 0.1) is 0 Å².